The Hall–Kier alpha value is -1.83. The predicted molar refractivity (Wildman–Crippen MR) is 50.2 cm³/mol. The van der Waals surface area contributed by atoms with Crippen LogP contribution in [0.4, 0.5) is 11.6 Å². The van der Waals surface area contributed by atoms with Crippen molar-refractivity contribution in [2.45, 2.75) is 13.8 Å². The lowest BCUT2D eigenvalue weighted by Gasteiger charge is -2.04. The fourth-order valence-electron chi connectivity index (χ4n) is 0.961. The highest BCUT2D eigenvalue weighted by Gasteiger charge is 1.99. The van der Waals surface area contributed by atoms with Gasteiger partial charge in [-0.05, 0) is 13.8 Å². The van der Waals surface area contributed by atoms with Crippen LogP contribution in [0.15, 0.2) is 6.07 Å². The third-order valence-electron chi connectivity index (χ3n) is 1.38. The van der Waals surface area contributed by atoms with Gasteiger partial charge in [-0.3, -0.25) is 5.32 Å². The molecular formula is C8H11N5. The van der Waals surface area contributed by atoms with Crippen molar-refractivity contribution in [3.8, 4) is 6.19 Å². The molecule has 5 heteroatoms. The van der Waals surface area contributed by atoms with Gasteiger partial charge in [0, 0.05) is 12.6 Å². The number of aromatic nitrogens is 2. The molecule has 0 saturated carbocycles. The maximum Gasteiger partial charge on any atom is 0.182 e. The van der Waals surface area contributed by atoms with E-state index in [1.54, 1.807) is 13.0 Å². The summed E-state index contributed by atoms with van der Waals surface area (Å²) in [6, 6.07) is 1.69. The number of anilines is 2. The molecule has 0 aliphatic heterocycles. The molecule has 0 unspecified atom stereocenters. The van der Waals surface area contributed by atoms with Gasteiger partial charge < -0.3 is 5.32 Å². The van der Waals surface area contributed by atoms with Gasteiger partial charge in [0.25, 0.3) is 0 Å². The van der Waals surface area contributed by atoms with Gasteiger partial charge in [0.2, 0.25) is 0 Å². The Kier molecular flexibility index (Phi) is 3.03. The average molecular weight is 177 g/mol. The van der Waals surface area contributed by atoms with Gasteiger partial charge in [-0.1, -0.05) is 0 Å². The average Bonchev–Trinajstić information content (AvgIpc) is 2.04. The van der Waals surface area contributed by atoms with Gasteiger partial charge in [-0.25, -0.2) is 9.97 Å². The van der Waals surface area contributed by atoms with Crippen LogP contribution in [0.2, 0.25) is 0 Å². The van der Waals surface area contributed by atoms with Crippen LogP contribution in [0, 0.1) is 18.4 Å². The summed E-state index contributed by atoms with van der Waals surface area (Å²) in [7, 11) is 0. The second-order valence-electron chi connectivity index (χ2n) is 2.45. The predicted octanol–water partition coefficient (Wildman–Crippen LogP) is 1.11. The summed E-state index contributed by atoms with van der Waals surface area (Å²) >= 11 is 0. The molecular weight excluding hydrogens is 166 g/mol. The smallest absolute Gasteiger partial charge is 0.182 e. The quantitative estimate of drug-likeness (QED) is 0.534. The van der Waals surface area contributed by atoms with Crippen molar-refractivity contribution >= 4 is 11.6 Å². The van der Waals surface area contributed by atoms with Crippen molar-refractivity contribution in [3.63, 3.8) is 0 Å². The first-order valence-corrected chi connectivity index (χ1v) is 4.01. The summed E-state index contributed by atoms with van der Waals surface area (Å²) in [5.74, 6) is 1.88. The highest BCUT2D eigenvalue weighted by Crippen LogP contribution is 2.09. The molecule has 1 aromatic rings. The van der Waals surface area contributed by atoms with Gasteiger partial charge in [0.05, 0.1) is 0 Å². The van der Waals surface area contributed by atoms with Crippen LogP contribution in [0.5, 0.6) is 0 Å². The molecule has 0 bridgehead atoms. The number of rotatable bonds is 3. The van der Waals surface area contributed by atoms with Gasteiger partial charge >= 0.3 is 0 Å². The molecule has 0 fully saturated rings. The molecule has 5 nitrogen and oxygen atoms in total. The zero-order valence-corrected chi connectivity index (χ0v) is 7.63. The van der Waals surface area contributed by atoms with E-state index in [0.717, 1.165) is 12.4 Å². The van der Waals surface area contributed by atoms with E-state index in [4.69, 9.17) is 5.26 Å². The van der Waals surface area contributed by atoms with Gasteiger partial charge in [-0.2, -0.15) is 5.26 Å². The number of nitrogens with zero attached hydrogens (tertiary/aromatic N) is 3. The Morgan fingerprint density at radius 2 is 2.15 bits per heavy atom. The van der Waals surface area contributed by atoms with Crippen LogP contribution < -0.4 is 10.6 Å². The molecule has 1 rings (SSSR count). The number of nitriles is 1. The summed E-state index contributed by atoms with van der Waals surface area (Å²) in [4.78, 5) is 8.16. The molecule has 0 atom stereocenters. The maximum absolute atomic E-state index is 8.39. The largest absolute Gasteiger partial charge is 0.370 e. The van der Waals surface area contributed by atoms with Gasteiger partial charge in [0.15, 0.2) is 6.19 Å². The molecule has 1 aromatic heterocycles. The normalized spacial score (nSPS) is 9.00. The van der Waals surface area contributed by atoms with E-state index in [1.165, 1.54) is 0 Å². The fourth-order valence-corrected chi connectivity index (χ4v) is 0.961. The maximum atomic E-state index is 8.39. The van der Waals surface area contributed by atoms with Crippen molar-refractivity contribution < 1.29 is 0 Å². The van der Waals surface area contributed by atoms with Crippen molar-refractivity contribution in [2.24, 2.45) is 0 Å². The topological polar surface area (TPSA) is 73.6 Å². The van der Waals surface area contributed by atoms with Crippen molar-refractivity contribution in [1.82, 2.24) is 9.97 Å². The first kappa shape index (κ1) is 9.26. The molecule has 0 spiro atoms. The van der Waals surface area contributed by atoms with E-state index < -0.39 is 0 Å². The highest BCUT2D eigenvalue weighted by atomic mass is 15.1. The van der Waals surface area contributed by atoms with E-state index in [9.17, 15) is 0 Å². The van der Waals surface area contributed by atoms with E-state index in [1.807, 2.05) is 13.1 Å². The van der Waals surface area contributed by atoms with Gasteiger partial charge in [0.1, 0.15) is 17.5 Å². The second-order valence-corrected chi connectivity index (χ2v) is 2.45. The van der Waals surface area contributed by atoms with Crippen LogP contribution in [-0.2, 0) is 0 Å². The van der Waals surface area contributed by atoms with Crippen LogP contribution in [0.25, 0.3) is 0 Å². The van der Waals surface area contributed by atoms with Crippen LogP contribution in [0.1, 0.15) is 12.7 Å². The third kappa shape index (κ3) is 2.60. The molecule has 0 aromatic carbocycles. The van der Waals surface area contributed by atoms with E-state index in [-0.39, 0.29) is 0 Å². The first-order chi connectivity index (χ1) is 6.26. The molecule has 0 aliphatic rings. The van der Waals surface area contributed by atoms with Crippen molar-refractivity contribution in [1.29, 1.82) is 5.26 Å². The van der Waals surface area contributed by atoms with E-state index in [0.29, 0.717) is 11.6 Å². The molecule has 68 valence electrons. The lowest BCUT2D eigenvalue weighted by Crippen LogP contribution is -2.03. The standard InChI is InChI=1S/C8H11N5/c1-3-10-7-4-8(11-5-9)13-6(2)12-7/h4H,3H2,1-2H3,(H2,10,11,12,13). The van der Waals surface area contributed by atoms with Crippen LogP contribution >= 0.6 is 0 Å². The van der Waals surface area contributed by atoms with E-state index >= 15 is 0 Å². The summed E-state index contributed by atoms with van der Waals surface area (Å²) in [6.45, 7) is 4.56. The summed E-state index contributed by atoms with van der Waals surface area (Å²) in [5, 5.41) is 13.9. The number of nitrogens with one attached hydrogen (secondary N) is 2. The Labute approximate surface area is 76.8 Å². The molecule has 0 radical (unpaired) electrons. The highest BCUT2D eigenvalue weighted by molar-refractivity contribution is 5.49. The monoisotopic (exact) mass is 177 g/mol. The number of hydrogen-bond acceptors (Lipinski definition) is 5. The minimum atomic E-state index is 0.519. The third-order valence-corrected chi connectivity index (χ3v) is 1.38. The minimum Gasteiger partial charge on any atom is -0.370 e. The molecule has 13 heavy (non-hydrogen) atoms. The molecule has 1 heterocycles. The summed E-state index contributed by atoms with van der Waals surface area (Å²) < 4.78 is 0. The number of hydrogen-bond donors (Lipinski definition) is 2. The minimum absolute atomic E-state index is 0.519. The Balaban J connectivity index is 2.91. The van der Waals surface area contributed by atoms with Crippen LogP contribution in [-0.4, -0.2) is 16.5 Å². The van der Waals surface area contributed by atoms with E-state index in [2.05, 4.69) is 20.6 Å². The summed E-state index contributed by atoms with van der Waals surface area (Å²) in [5.41, 5.74) is 0. The molecule has 0 amide bonds. The summed E-state index contributed by atoms with van der Waals surface area (Å²) in [6.07, 6.45) is 1.81. The zero-order valence-electron chi connectivity index (χ0n) is 7.63. The van der Waals surface area contributed by atoms with Crippen molar-refractivity contribution in [2.75, 3.05) is 17.2 Å². The van der Waals surface area contributed by atoms with Gasteiger partial charge in [-0.15, -0.1) is 0 Å². The molecule has 2 N–H and O–H groups in total. The van der Waals surface area contributed by atoms with Crippen LogP contribution in [0.3, 0.4) is 0 Å². The molecule has 0 aliphatic carbocycles. The zero-order chi connectivity index (χ0) is 9.68. The Bertz CT molecular complexity index is 328. The Morgan fingerprint density at radius 3 is 2.77 bits per heavy atom. The SMILES string of the molecule is CCNc1cc(NC#N)nc(C)n1. The Morgan fingerprint density at radius 1 is 1.46 bits per heavy atom. The lowest BCUT2D eigenvalue weighted by molar-refractivity contribution is 1.04. The number of aryl methyl sites for hydroxylation is 1. The van der Waals surface area contributed by atoms with Crippen molar-refractivity contribution in [3.05, 3.63) is 11.9 Å². The lowest BCUT2D eigenvalue weighted by atomic mass is 10.5. The fraction of sp³-hybridized carbons (Fsp3) is 0.375. The first-order valence-electron chi connectivity index (χ1n) is 4.01. The second kappa shape index (κ2) is 4.26. The molecule has 0 saturated heterocycles.